The lowest BCUT2D eigenvalue weighted by molar-refractivity contribution is -0.136. The molecule has 7 heteroatoms. The summed E-state index contributed by atoms with van der Waals surface area (Å²) in [5, 5.41) is 18.9. The molecule has 0 aliphatic heterocycles. The number of rotatable bonds is 4. The van der Waals surface area contributed by atoms with E-state index in [4.69, 9.17) is 5.11 Å². The molecule has 2 aromatic heterocycles. The van der Waals surface area contributed by atoms with Crippen molar-refractivity contribution in [2.75, 3.05) is 11.9 Å². The highest BCUT2D eigenvalue weighted by Gasteiger charge is 2.04. The zero-order valence-electron chi connectivity index (χ0n) is 7.79. The molecule has 0 unspecified atom stereocenters. The molecule has 0 aromatic carbocycles. The first-order valence-corrected chi connectivity index (χ1v) is 4.37. The number of nitrogens with zero attached hydrogens (tertiary/aromatic N) is 4. The lowest BCUT2D eigenvalue weighted by Crippen LogP contribution is -2.09. The maximum absolute atomic E-state index is 10.3. The van der Waals surface area contributed by atoms with Crippen LogP contribution < -0.4 is 5.32 Å². The molecule has 7 nitrogen and oxygen atoms in total. The molecule has 0 aliphatic rings. The lowest BCUT2D eigenvalue weighted by atomic mass is 10.4. The Bertz CT molecular complexity index is 481. The summed E-state index contributed by atoms with van der Waals surface area (Å²) in [7, 11) is 0. The third kappa shape index (κ3) is 2.01. The van der Waals surface area contributed by atoms with Crippen LogP contribution in [0.2, 0.25) is 0 Å². The smallest absolute Gasteiger partial charge is 0.305 e. The molecule has 0 bridgehead atoms. The molecular weight excluding hydrogens is 198 g/mol. The van der Waals surface area contributed by atoms with Gasteiger partial charge >= 0.3 is 5.97 Å². The summed E-state index contributed by atoms with van der Waals surface area (Å²) >= 11 is 0. The first kappa shape index (κ1) is 9.38. The quantitative estimate of drug-likeness (QED) is 0.733. The SMILES string of the molecule is O=C(O)CCNc1nccn2cnnc12. The van der Waals surface area contributed by atoms with Gasteiger partial charge in [0.05, 0.1) is 6.42 Å². The largest absolute Gasteiger partial charge is 0.481 e. The van der Waals surface area contributed by atoms with Gasteiger partial charge in [-0.2, -0.15) is 0 Å². The van der Waals surface area contributed by atoms with Crippen LogP contribution in [0.15, 0.2) is 18.7 Å². The molecule has 0 aliphatic carbocycles. The highest BCUT2D eigenvalue weighted by atomic mass is 16.4. The Hall–Kier alpha value is -2.18. The second-order valence-corrected chi connectivity index (χ2v) is 2.91. The van der Waals surface area contributed by atoms with Gasteiger partial charge < -0.3 is 10.4 Å². The fourth-order valence-electron chi connectivity index (χ4n) is 1.17. The second-order valence-electron chi connectivity index (χ2n) is 2.91. The van der Waals surface area contributed by atoms with Crippen LogP contribution in [0.5, 0.6) is 0 Å². The van der Waals surface area contributed by atoms with Crippen LogP contribution in [0, 0.1) is 0 Å². The minimum atomic E-state index is -0.851. The van der Waals surface area contributed by atoms with Crippen LogP contribution in [-0.4, -0.2) is 37.2 Å². The molecule has 0 fully saturated rings. The summed E-state index contributed by atoms with van der Waals surface area (Å²) in [6.45, 7) is 0.314. The van der Waals surface area contributed by atoms with Crippen LogP contribution in [0.25, 0.3) is 5.65 Å². The van der Waals surface area contributed by atoms with Gasteiger partial charge in [0.25, 0.3) is 0 Å². The van der Waals surface area contributed by atoms with Gasteiger partial charge in [-0.25, -0.2) is 4.98 Å². The third-order valence-electron chi connectivity index (χ3n) is 1.85. The van der Waals surface area contributed by atoms with E-state index in [1.165, 1.54) is 0 Å². The summed E-state index contributed by atoms with van der Waals surface area (Å²) in [4.78, 5) is 14.4. The molecule has 0 saturated carbocycles. The minimum absolute atomic E-state index is 0.0386. The standard InChI is InChI=1S/C8H9N5O2/c14-6(15)1-2-9-7-8-12-11-5-13(8)4-3-10-7/h3-5H,1-2H2,(H,9,10)(H,14,15). The molecule has 78 valence electrons. The summed E-state index contributed by atoms with van der Waals surface area (Å²) in [6, 6.07) is 0. The predicted octanol–water partition coefficient (Wildman–Crippen LogP) is 0.0109. The maximum Gasteiger partial charge on any atom is 0.305 e. The van der Waals surface area contributed by atoms with Gasteiger partial charge in [-0.3, -0.25) is 9.20 Å². The van der Waals surface area contributed by atoms with E-state index in [1.807, 2.05) is 0 Å². The number of carbonyl (C=O) groups is 1. The van der Waals surface area contributed by atoms with Crippen molar-refractivity contribution in [3.63, 3.8) is 0 Å². The van der Waals surface area contributed by atoms with E-state index in [1.54, 1.807) is 23.1 Å². The van der Waals surface area contributed by atoms with Gasteiger partial charge in [0.1, 0.15) is 6.33 Å². The maximum atomic E-state index is 10.3. The molecule has 2 rings (SSSR count). The minimum Gasteiger partial charge on any atom is -0.481 e. The van der Waals surface area contributed by atoms with Crippen molar-refractivity contribution in [1.29, 1.82) is 0 Å². The number of hydrogen-bond acceptors (Lipinski definition) is 5. The van der Waals surface area contributed by atoms with Crippen molar-refractivity contribution in [3.8, 4) is 0 Å². The number of aromatic nitrogens is 4. The Balaban J connectivity index is 2.13. The number of aliphatic carboxylic acids is 1. The first-order valence-electron chi connectivity index (χ1n) is 4.37. The van der Waals surface area contributed by atoms with Crippen LogP contribution in [0.4, 0.5) is 5.82 Å². The molecule has 0 amide bonds. The fourth-order valence-corrected chi connectivity index (χ4v) is 1.17. The Morgan fingerprint density at radius 1 is 1.60 bits per heavy atom. The molecule has 0 saturated heterocycles. The van der Waals surface area contributed by atoms with Gasteiger partial charge in [0, 0.05) is 18.9 Å². The number of hydrogen-bond donors (Lipinski definition) is 2. The van der Waals surface area contributed by atoms with Gasteiger partial charge in [0.2, 0.25) is 5.65 Å². The molecule has 0 atom stereocenters. The van der Waals surface area contributed by atoms with Crippen molar-refractivity contribution < 1.29 is 9.90 Å². The summed E-state index contributed by atoms with van der Waals surface area (Å²) in [5.74, 6) is -0.313. The predicted molar refractivity (Wildman–Crippen MR) is 51.5 cm³/mol. The van der Waals surface area contributed by atoms with Crippen LogP contribution in [0.3, 0.4) is 0 Å². The van der Waals surface area contributed by atoms with Crippen molar-refractivity contribution >= 4 is 17.4 Å². The monoisotopic (exact) mass is 207 g/mol. The summed E-state index contributed by atoms with van der Waals surface area (Å²) in [6.07, 6.45) is 4.91. The normalized spacial score (nSPS) is 10.4. The molecule has 0 radical (unpaired) electrons. The van der Waals surface area contributed by atoms with E-state index in [9.17, 15) is 4.79 Å². The van der Waals surface area contributed by atoms with E-state index >= 15 is 0 Å². The van der Waals surface area contributed by atoms with Crippen molar-refractivity contribution in [2.24, 2.45) is 0 Å². The summed E-state index contributed by atoms with van der Waals surface area (Å²) < 4.78 is 1.70. The zero-order valence-corrected chi connectivity index (χ0v) is 7.79. The Labute approximate surface area is 84.8 Å². The highest BCUT2D eigenvalue weighted by molar-refractivity contribution is 5.68. The third-order valence-corrected chi connectivity index (χ3v) is 1.85. The zero-order chi connectivity index (χ0) is 10.7. The molecule has 2 N–H and O–H groups in total. The van der Waals surface area contributed by atoms with Crippen LogP contribution in [-0.2, 0) is 4.79 Å². The van der Waals surface area contributed by atoms with E-state index in [2.05, 4.69) is 20.5 Å². The summed E-state index contributed by atoms with van der Waals surface area (Å²) in [5.41, 5.74) is 0.586. The first-order chi connectivity index (χ1) is 7.27. The molecule has 2 heterocycles. The Morgan fingerprint density at radius 2 is 2.47 bits per heavy atom. The van der Waals surface area contributed by atoms with Gasteiger partial charge in [-0.05, 0) is 0 Å². The van der Waals surface area contributed by atoms with E-state index < -0.39 is 5.97 Å². The molecule has 0 spiro atoms. The Kier molecular flexibility index (Phi) is 2.44. The van der Waals surface area contributed by atoms with Gasteiger partial charge in [-0.1, -0.05) is 0 Å². The number of carboxylic acid groups (broad SMARTS) is 1. The average molecular weight is 207 g/mol. The van der Waals surface area contributed by atoms with E-state index in [0.717, 1.165) is 0 Å². The number of carboxylic acids is 1. The number of nitrogens with one attached hydrogen (secondary N) is 1. The van der Waals surface area contributed by atoms with Crippen molar-refractivity contribution in [2.45, 2.75) is 6.42 Å². The highest BCUT2D eigenvalue weighted by Crippen LogP contribution is 2.08. The van der Waals surface area contributed by atoms with Crippen LogP contribution >= 0.6 is 0 Å². The van der Waals surface area contributed by atoms with Crippen molar-refractivity contribution in [1.82, 2.24) is 19.6 Å². The fraction of sp³-hybridized carbons (Fsp3) is 0.250. The number of fused-ring (bicyclic) bond motifs is 1. The molecule has 15 heavy (non-hydrogen) atoms. The van der Waals surface area contributed by atoms with E-state index in [-0.39, 0.29) is 6.42 Å². The van der Waals surface area contributed by atoms with Crippen LogP contribution in [0.1, 0.15) is 6.42 Å². The Morgan fingerprint density at radius 3 is 3.27 bits per heavy atom. The molecule has 2 aromatic rings. The van der Waals surface area contributed by atoms with E-state index in [0.29, 0.717) is 18.0 Å². The topological polar surface area (TPSA) is 92.4 Å². The molecular formula is C8H9N5O2. The van der Waals surface area contributed by atoms with Crippen molar-refractivity contribution in [3.05, 3.63) is 18.7 Å². The van der Waals surface area contributed by atoms with Gasteiger partial charge in [0.15, 0.2) is 5.82 Å². The number of anilines is 1. The lowest BCUT2D eigenvalue weighted by Gasteiger charge is -2.03. The second kappa shape index (κ2) is 3.91. The van der Waals surface area contributed by atoms with Gasteiger partial charge in [-0.15, -0.1) is 10.2 Å². The average Bonchev–Trinajstić information content (AvgIpc) is 2.65.